The summed E-state index contributed by atoms with van der Waals surface area (Å²) in [5, 5.41) is 3.84. The maximum Gasteiger partial charge on any atom is 0.339 e. The van der Waals surface area contributed by atoms with Gasteiger partial charge in [-0.2, -0.15) is 0 Å². The van der Waals surface area contributed by atoms with E-state index in [0.717, 1.165) is 92.5 Å². The Bertz CT molecular complexity index is 1670. The first kappa shape index (κ1) is 27.3. The number of pyridine rings is 1. The predicted octanol–water partition coefficient (Wildman–Crippen LogP) is 3.55. The second-order valence-electron chi connectivity index (χ2n) is 13.1. The SMILES string of the molecule is CC1(C)CCc2c(cc(OCC(=O)NCCN3C[C@H]4C[C@@H](C3)c3cccc(=O)n3C4)c3c4c(c(=O)oc23)CCCC4)O1. The second-order valence-corrected chi connectivity index (χ2v) is 13.1. The van der Waals surface area contributed by atoms with Gasteiger partial charge in [-0.1, -0.05) is 6.07 Å². The minimum atomic E-state index is -0.338. The number of aryl methyl sites for hydroxylation is 2. The summed E-state index contributed by atoms with van der Waals surface area (Å²) >= 11 is 0. The molecule has 1 fully saturated rings. The monoisotopic (exact) mass is 573 g/mol. The first-order valence-corrected chi connectivity index (χ1v) is 15.4. The van der Waals surface area contributed by atoms with Crippen LogP contribution in [0.5, 0.6) is 11.5 Å². The van der Waals surface area contributed by atoms with E-state index in [4.69, 9.17) is 13.9 Å². The molecule has 0 unspecified atom stereocenters. The Morgan fingerprint density at radius 3 is 2.76 bits per heavy atom. The van der Waals surface area contributed by atoms with Crippen molar-refractivity contribution in [3.63, 3.8) is 0 Å². The van der Waals surface area contributed by atoms with Crippen molar-refractivity contribution in [3.8, 4) is 11.5 Å². The molecule has 42 heavy (non-hydrogen) atoms. The zero-order chi connectivity index (χ0) is 29.0. The molecule has 3 aromatic rings. The van der Waals surface area contributed by atoms with Crippen LogP contribution in [-0.2, 0) is 30.6 Å². The lowest BCUT2D eigenvalue weighted by atomic mass is 9.83. The van der Waals surface area contributed by atoms with E-state index in [1.807, 2.05) is 30.5 Å². The van der Waals surface area contributed by atoms with Crippen LogP contribution in [0, 0.1) is 5.92 Å². The number of amides is 1. The van der Waals surface area contributed by atoms with Gasteiger partial charge in [0.2, 0.25) is 0 Å². The van der Waals surface area contributed by atoms with Gasteiger partial charge in [-0.25, -0.2) is 4.79 Å². The van der Waals surface area contributed by atoms with Gasteiger partial charge in [0.05, 0.1) is 5.39 Å². The fourth-order valence-corrected chi connectivity index (χ4v) is 7.55. The molecule has 0 radical (unpaired) electrons. The summed E-state index contributed by atoms with van der Waals surface area (Å²) < 4.78 is 20.3. The number of nitrogens with one attached hydrogen (secondary N) is 1. The molecule has 3 aliphatic heterocycles. The quantitative estimate of drug-likeness (QED) is 0.450. The van der Waals surface area contributed by atoms with E-state index in [9.17, 15) is 14.4 Å². The number of likely N-dealkylation sites (tertiary alicyclic amines) is 1. The number of aromatic nitrogens is 1. The van der Waals surface area contributed by atoms with Crippen LogP contribution in [0.2, 0.25) is 0 Å². The fraction of sp³-hybridized carbons (Fsp3) is 0.545. The maximum absolute atomic E-state index is 12.9. The van der Waals surface area contributed by atoms with E-state index >= 15 is 0 Å². The normalized spacial score (nSPS) is 22.4. The lowest BCUT2D eigenvalue weighted by molar-refractivity contribution is -0.123. The van der Waals surface area contributed by atoms with Crippen molar-refractivity contribution in [2.75, 3.05) is 32.8 Å². The molecule has 2 aromatic heterocycles. The fourth-order valence-electron chi connectivity index (χ4n) is 7.55. The Hall–Kier alpha value is -3.59. The van der Waals surface area contributed by atoms with E-state index < -0.39 is 0 Å². The topological polar surface area (TPSA) is 103 Å². The number of carbonyl (C=O) groups is 1. The summed E-state index contributed by atoms with van der Waals surface area (Å²) in [5.74, 6) is 1.80. The molecule has 5 heterocycles. The molecule has 9 heteroatoms. The Labute approximate surface area is 244 Å². The van der Waals surface area contributed by atoms with Gasteiger partial charge in [0, 0.05) is 67.6 Å². The Kier molecular flexibility index (Phi) is 6.88. The first-order chi connectivity index (χ1) is 20.3. The minimum absolute atomic E-state index is 0.0903. The van der Waals surface area contributed by atoms with Crippen molar-refractivity contribution in [2.45, 2.75) is 76.9 Å². The van der Waals surface area contributed by atoms with Gasteiger partial charge >= 0.3 is 5.63 Å². The second kappa shape index (κ2) is 10.6. The standard InChI is InChI=1S/C33H39N3O6/c1-33(2)11-10-24-26(42-33)15-27(30-22-6-3-4-7-23(22)32(39)41-31(24)30)40-19-28(37)34-12-13-35-16-20-14-21(18-35)25-8-5-9-29(38)36(25)17-20/h5,8-9,15,20-21H,3-4,6-7,10-14,16-19H2,1-2H3,(H,34,37)/t20-,21+/m1/s1. The van der Waals surface area contributed by atoms with Crippen LogP contribution in [-0.4, -0.2) is 53.8 Å². The number of carbonyl (C=O) groups excluding carboxylic acids is 1. The highest BCUT2D eigenvalue weighted by molar-refractivity contribution is 5.92. The molecule has 1 aromatic carbocycles. The van der Waals surface area contributed by atoms with Crippen molar-refractivity contribution in [3.05, 3.63) is 67.4 Å². The highest BCUT2D eigenvalue weighted by Crippen LogP contribution is 2.44. The molecule has 1 N–H and O–H groups in total. The third-order valence-electron chi connectivity index (χ3n) is 9.55. The Balaban J connectivity index is 1.04. The molecule has 1 saturated heterocycles. The van der Waals surface area contributed by atoms with Crippen LogP contribution >= 0.6 is 0 Å². The van der Waals surface area contributed by atoms with Crippen molar-refractivity contribution in [1.29, 1.82) is 0 Å². The molecular weight excluding hydrogens is 534 g/mol. The summed E-state index contributed by atoms with van der Waals surface area (Å²) in [6.07, 6.45) is 6.15. The molecule has 2 atom stereocenters. The minimum Gasteiger partial charge on any atom is -0.487 e. The molecule has 1 aliphatic carbocycles. The van der Waals surface area contributed by atoms with Gasteiger partial charge in [0.25, 0.3) is 11.5 Å². The van der Waals surface area contributed by atoms with Crippen molar-refractivity contribution < 1.29 is 18.7 Å². The first-order valence-electron chi connectivity index (χ1n) is 15.4. The van der Waals surface area contributed by atoms with Crippen LogP contribution in [0.3, 0.4) is 0 Å². The third kappa shape index (κ3) is 5.02. The smallest absolute Gasteiger partial charge is 0.339 e. The van der Waals surface area contributed by atoms with Gasteiger partial charge in [0.1, 0.15) is 22.7 Å². The van der Waals surface area contributed by atoms with E-state index in [-0.39, 0.29) is 29.3 Å². The van der Waals surface area contributed by atoms with Crippen LogP contribution in [0.4, 0.5) is 0 Å². The zero-order valence-corrected chi connectivity index (χ0v) is 24.5. The number of fused-ring (bicyclic) bond motifs is 9. The van der Waals surface area contributed by atoms with Gasteiger partial charge in [-0.3, -0.25) is 9.59 Å². The van der Waals surface area contributed by atoms with Crippen molar-refractivity contribution >= 4 is 16.9 Å². The lowest BCUT2D eigenvalue weighted by Gasteiger charge is -2.42. The van der Waals surface area contributed by atoms with Gasteiger partial charge in [-0.15, -0.1) is 0 Å². The zero-order valence-electron chi connectivity index (χ0n) is 24.5. The average molecular weight is 574 g/mol. The van der Waals surface area contributed by atoms with Crippen LogP contribution in [0.25, 0.3) is 11.0 Å². The average Bonchev–Trinajstić information content (AvgIpc) is 2.96. The highest BCUT2D eigenvalue weighted by Gasteiger charge is 2.35. The number of piperidine rings is 1. The molecule has 4 aliphatic rings. The molecule has 2 bridgehead atoms. The van der Waals surface area contributed by atoms with Crippen LogP contribution in [0.15, 0.2) is 38.3 Å². The number of hydrogen-bond donors (Lipinski definition) is 1. The number of benzene rings is 1. The highest BCUT2D eigenvalue weighted by atomic mass is 16.5. The van der Waals surface area contributed by atoms with Gasteiger partial charge < -0.3 is 28.7 Å². The Morgan fingerprint density at radius 2 is 1.90 bits per heavy atom. The lowest BCUT2D eigenvalue weighted by Crippen LogP contribution is -2.49. The molecule has 0 spiro atoms. The molecule has 9 nitrogen and oxygen atoms in total. The molecular formula is C33H39N3O6. The number of nitrogens with zero attached hydrogens (tertiary/aromatic N) is 2. The summed E-state index contributed by atoms with van der Waals surface area (Å²) in [6.45, 7) is 7.82. The predicted molar refractivity (Wildman–Crippen MR) is 159 cm³/mol. The van der Waals surface area contributed by atoms with E-state index in [1.54, 1.807) is 6.07 Å². The van der Waals surface area contributed by atoms with E-state index in [2.05, 4.69) is 16.3 Å². The number of ether oxygens (including phenoxy) is 2. The van der Waals surface area contributed by atoms with Crippen molar-refractivity contribution in [2.24, 2.45) is 5.92 Å². The Morgan fingerprint density at radius 1 is 1.07 bits per heavy atom. The molecule has 0 saturated carbocycles. The summed E-state index contributed by atoms with van der Waals surface area (Å²) in [7, 11) is 0. The number of rotatable bonds is 6. The molecule has 222 valence electrons. The largest absolute Gasteiger partial charge is 0.487 e. The molecule has 1 amide bonds. The summed E-state index contributed by atoms with van der Waals surface area (Å²) in [5.41, 5.74) is 3.80. The molecule has 7 rings (SSSR count). The van der Waals surface area contributed by atoms with E-state index in [1.165, 1.54) is 0 Å². The van der Waals surface area contributed by atoms with Crippen LogP contribution in [0.1, 0.15) is 67.8 Å². The van der Waals surface area contributed by atoms with Gasteiger partial charge in [-0.05, 0) is 76.3 Å². The van der Waals surface area contributed by atoms with Crippen LogP contribution < -0.4 is 26.0 Å². The third-order valence-corrected chi connectivity index (χ3v) is 9.55. The summed E-state index contributed by atoms with van der Waals surface area (Å²) in [4.78, 5) is 40.6. The number of hydrogen-bond acceptors (Lipinski definition) is 7. The van der Waals surface area contributed by atoms with Crippen molar-refractivity contribution in [1.82, 2.24) is 14.8 Å². The summed E-state index contributed by atoms with van der Waals surface area (Å²) in [6, 6.07) is 7.46. The van der Waals surface area contributed by atoms with E-state index in [0.29, 0.717) is 41.9 Å². The van der Waals surface area contributed by atoms with Gasteiger partial charge in [0.15, 0.2) is 6.61 Å². The maximum atomic E-state index is 12.9.